The number of nitrogens with one attached hydrogen (secondary N) is 1. The first kappa shape index (κ1) is 15.4. The summed E-state index contributed by atoms with van der Waals surface area (Å²) >= 11 is 3.59. The number of fused-ring (bicyclic) bond motifs is 7. The number of halogens is 1. The Balaban J connectivity index is 1.68. The molecule has 4 heteroatoms. The summed E-state index contributed by atoms with van der Waals surface area (Å²) in [6.45, 7) is 0. The predicted molar refractivity (Wildman–Crippen MR) is 101 cm³/mol. The van der Waals surface area contributed by atoms with E-state index >= 15 is 0 Å². The fourth-order valence-electron chi connectivity index (χ4n) is 5.72. The van der Waals surface area contributed by atoms with Crippen LogP contribution in [0, 0.1) is 17.8 Å². The van der Waals surface area contributed by atoms with Crippen LogP contribution in [0.5, 0.6) is 0 Å². The summed E-state index contributed by atoms with van der Waals surface area (Å²) in [5, 5.41) is 13.3. The summed E-state index contributed by atoms with van der Waals surface area (Å²) in [5.41, 5.74) is 3.72. The Labute approximate surface area is 155 Å². The molecule has 2 aliphatic carbocycles. The molecular formula is C21H20BrNO2. The zero-order chi connectivity index (χ0) is 17.1. The third kappa shape index (κ3) is 2.27. The van der Waals surface area contributed by atoms with Gasteiger partial charge in [-0.25, -0.2) is 4.79 Å². The van der Waals surface area contributed by atoms with Crippen molar-refractivity contribution in [3.63, 3.8) is 0 Å². The molecule has 2 N–H and O–H groups in total. The molecule has 2 bridgehead atoms. The number of carboxylic acid groups (broad SMARTS) is 1. The third-order valence-corrected chi connectivity index (χ3v) is 7.05. The molecule has 5 atom stereocenters. The molecule has 1 aliphatic heterocycles. The normalized spacial score (nSPS) is 32.0. The number of aromatic carboxylic acids is 1. The maximum atomic E-state index is 11.8. The van der Waals surface area contributed by atoms with Crippen LogP contribution in [0.3, 0.4) is 0 Å². The van der Waals surface area contributed by atoms with Crippen molar-refractivity contribution in [1.29, 1.82) is 0 Å². The van der Waals surface area contributed by atoms with Crippen molar-refractivity contribution in [3.05, 3.63) is 63.6 Å². The molecule has 0 saturated heterocycles. The van der Waals surface area contributed by atoms with E-state index in [9.17, 15) is 9.90 Å². The fourth-order valence-corrected chi connectivity index (χ4v) is 6.14. The monoisotopic (exact) mass is 397 g/mol. The van der Waals surface area contributed by atoms with Crippen LogP contribution in [0.15, 0.2) is 46.9 Å². The van der Waals surface area contributed by atoms with Gasteiger partial charge in [-0.05, 0) is 72.3 Å². The van der Waals surface area contributed by atoms with Crippen molar-refractivity contribution in [1.82, 2.24) is 0 Å². The number of benzene rings is 2. The molecule has 2 aromatic carbocycles. The second-order valence-corrected chi connectivity index (χ2v) is 8.60. The topological polar surface area (TPSA) is 49.3 Å². The Morgan fingerprint density at radius 2 is 1.92 bits per heavy atom. The lowest BCUT2D eigenvalue weighted by molar-refractivity contribution is 0.0697. The SMILES string of the molecule is O=C(O)c1cccc2c1N[C@H](c1cccc(Br)c1)[C@H]1[C@@H]3CC[C@@H](C3)[C@@H]21. The van der Waals surface area contributed by atoms with Crippen molar-refractivity contribution in [2.45, 2.75) is 31.2 Å². The highest BCUT2D eigenvalue weighted by molar-refractivity contribution is 9.10. The smallest absolute Gasteiger partial charge is 0.337 e. The molecule has 3 nitrogen and oxygen atoms in total. The third-order valence-electron chi connectivity index (χ3n) is 6.56. The van der Waals surface area contributed by atoms with Gasteiger partial charge in [0.25, 0.3) is 0 Å². The molecule has 1 heterocycles. The van der Waals surface area contributed by atoms with Gasteiger partial charge in [-0.1, -0.05) is 40.2 Å². The number of hydrogen-bond acceptors (Lipinski definition) is 2. The molecule has 0 unspecified atom stereocenters. The molecule has 3 aliphatic rings. The molecular weight excluding hydrogens is 378 g/mol. The van der Waals surface area contributed by atoms with Crippen LogP contribution in [0.1, 0.15) is 52.7 Å². The van der Waals surface area contributed by atoms with E-state index in [1.54, 1.807) is 6.07 Å². The number of carbonyl (C=O) groups is 1. The quantitative estimate of drug-likeness (QED) is 0.708. The van der Waals surface area contributed by atoms with Gasteiger partial charge in [0, 0.05) is 4.47 Å². The molecule has 2 aromatic rings. The Hall–Kier alpha value is -1.81. The molecule has 25 heavy (non-hydrogen) atoms. The highest BCUT2D eigenvalue weighted by Crippen LogP contribution is 2.64. The van der Waals surface area contributed by atoms with Gasteiger partial charge in [0.15, 0.2) is 0 Å². The Morgan fingerprint density at radius 1 is 1.12 bits per heavy atom. The van der Waals surface area contributed by atoms with Gasteiger partial charge in [0.1, 0.15) is 0 Å². The van der Waals surface area contributed by atoms with Crippen molar-refractivity contribution in [2.75, 3.05) is 5.32 Å². The van der Waals surface area contributed by atoms with Crippen LogP contribution in [0.25, 0.3) is 0 Å². The van der Waals surface area contributed by atoms with E-state index in [4.69, 9.17) is 0 Å². The van der Waals surface area contributed by atoms with Crippen molar-refractivity contribution >= 4 is 27.6 Å². The van der Waals surface area contributed by atoms with Gasteiger partial charge >= 0.3 is 5.97 Å². The lowest BCUT2D eigenvalue weighted by atomic mass is 9.67. The van der Waals surface area contributed by atoms with Gasteiger partial charge < -0.3 is 10.4 Å². The first-order chi connectivity index (χ1) is 12.1. The standard InChI is InChI=1S/C21H20BrNO2/c22-14-4-1-3-13(10-14)19-18-12-8-7-11(9-12)17(18)15-5-2-6-16(21(24)25)20(15)23-19/h1-6,10-12,17-19,23H,7-9H2,(H,24,25)/t11-,12+,17-,18-,19+/m0/s1. The van der Waals surface area contributed by atoms with E-state index in [-0.39, 0.29) is 6.04 Å². The van der Waals surface area contributed by atoms with E-state index < -0.39 is 5.97 Å². The Morgan fingerprint density at radius 3 is 2.72 bits per heavy atom. The maximum absolute atomic E-state index is 11.8. The van der Waals surface area contributed by atoms with Crippen molar-refractivity contribution < 1.29 is 9.90 Å². The Bertz CT molecular complexity index is 865. The van der Waals surface area contributed by atoms with Gasteiger partial charge in [-0.2, -0.15) is 0 Å². The number of anilines is 1. The average Bonchev–Trinajstić information content (AvgIpc) is 3.22. The number of rotatable bonds is 2. The molecule has 0 spiro atoms. The predicted octanol–water partition coefficient (Wildman–Crippen LogP) is 5.44. The number of para-hydroxylation sites is 1. The summed E-state index contributed by atoms with van der Waals surface area (Å²) in [6, 6.07) is 14.4. The zero-order valence-corrected chi connectivity index (χ0v) is 15.4. The second-order valence-electron chi connectivity index (χ2n) is 7.69. The minimum Gasteiger partial charge on any atom is -0.478 e. The van der Waals surface area contributed by atoms with Crippen LogP contribution in [-0.2, 0) is 0 Å². The van der Waals surface area contributed by atoms with E-state index in [2.05, 4.69) is 45.5 Å². The van der Waals surface area contributed by atoms with Gasteiger partial charge in [-0.15, -0.1) is 0 Å². The van der Waals surface area contributed by atoms with Crippen LogP contribution >= 0.6 is 15.9 Å². The number of hydrogen-bond donors (Lipinski definition) is 2. The van der Waals surface area contributed by atoms with Crippen LogP contribution < -0.4 is 5.32 Å². The van der Waals surface area contributed by atoms with Gasteiger partial charge in [0.05, 0.1) is 17.3 Å². The first-order valence-corrected chi connectivity index (χ1v) is 9.81. The molecule has 0 amide bonds. The van der Waals surface area contributed by atoms with Crippen LogP contribution in [0.2, 0.25) is 0 Å². The maximum Gasteiger partial charge on any atom is 0.337 e. The zero-order valence-electron chi connectivity index (χ0n) is 13.8. The molecule has 2 fully saturated rings. The van der Waals surface area contributed by atoms with Crippen molar-refractivity contribution in [3.8, 4) is 0 Å². The summed E-state index contributed by atoms with van der Waals surface area (Å²) in [7, 11) is 0. The summed E-state index contributed by atoms with van der Waals surface area (Å²) in [4.78, 5) is 11.8. The highest BCUT2D eigenvalue weighted by atomic mass is 79.9. The second kappa shape index (κ2) is 5.60. The molecule has 128 valence electrons. The summed E-state index contributed by atoms with van der Waals surface area (Å²) in [5.74, 6) is 1.64. The Kier molecular flexibility index (Phi) is 3.46. The van der Waals surface area contributed by atoms with E-state index in [1.165, 1.54) is 30.4 Å². The fraction of sp³-hybridized carbons (Fsp3) is 0.381. The van der Waals surface area contributed by atoms with E-state index in [0.717, 1.165) is 16.1 Å². The van der Waals surface area contributed by atoms with Gasteiger partial charge in [0.2, 0.25) is 0 Å². The van der Waals surface area contributed by atoms with E-state index in [0.29, 0.717) is 23.3 Å². The molecule has 0 aromatic heterocycles. The van der Waals surface area contributed by atoms with Crippen molar-refractivity contribution in [2.24, 2.45) is 17.8 Å². The summed E-state index contributed by atoms with van der Waals surface area (Å²) < 4.78 is 1.07. The minimum atomic E-state index is -0.848. The van der Waals surface area contributed by atoms with Gasteiger partial charge in [-0.3, -0.25) is 0 Å². The summed E-state index contributed by atoms with van der Waals surface area (Å²) in [6.07, 6.45) is 3.89. The largest absolute Gasteiger partial charge is 0.478 e. The first-order valence-electron chi connectivity index (χ1n) is 9.01. The highest BCUT2D eigenvalue weighted by Gasteiger charge is 2.54. The lowest BCUT2D eigenvalue weighted by Crippen LogP contribution is -2.36. The van der Waals surface area contributed by atoms with Crippen LogP contribution in [-0.4, -0.2) is 11.1 Å². The van der Waals surface area contributed by atoms with E-state index in [1.807, 2.05) is 12.1 Å². The minimum absolute atomic E-state index is 0.186. The lowest BCUT2D eigenvalue weighted by Gasteiger charge is -2.44. The average molecular weight is 398 g/mol. The number of carboxylic acids is 1. The molecule has 0 radical (unpaired) electrons. The molecule has 2 saturated carbocycles. The van der Waals surface area contributed by atoms with Crippen LogP contribution in [0.4, 0.5) is 5.69 Å². The molecule has 5 rings (SSSR count).